The average Bonchev–Trinajstić information content (AvgIpc) is 3.13. The zero-order chi connectivity index (χ0) is 11.9. The molecule has 1 N–H and O–H groups in total. The first-order valence-electron chi connectivity index (χ1n) is 6.51. The van der Waals surface area contributed by atoms with Gasteiger partial charge in [-0.2, -0.15) is 16.3 Å². The first-order valence-corrected chi connectivity index (χ1v) is 7.45. The minimum atomic E-state index is 0.275. The van der Waals surface area contributed by atoms with E-state index in [4.69, 9.17) is 4.52 Å². The minimum Gasteiger partial charge on any atom is -0.337 e. The molecule has 3 atom stereocenters. The number of fused-ring (bicyclic) bond motifs is 1. The van der Waals surface area contributed by atoms with Crippen molar-refractivity contribution >= 4 is 11.3 Å². The van der Waals surface area contributed by atoms with Gasteiger partial charge in [0.1, 0.15) is 0 Å². The largest absolute Gasteiger partial charge is 0.337 e. The summed E-state index contributed by atoms with van der Waals surface area (Å²) in [4.78, 5) is 4.56. The summed E-state index contributed by atoms with van der Waals surface area (Å²) in [6.45, 7) is 1.10. The standard InChI is InChI=1S/C13H15N3OS/c1-2-8-6-14-11(10(8)3-1)13-15-12(16-17-13)9-4-5-18-7-9/h4-5,7-8,10-11,14H,1-3,6H2. The lowest BCUT2D eigenvalue weighted by Crippen LogP contribution is -2.18. The molecule has 2 aliphatic rings. The average molecular weight is 261 g/mol. The molecule has 1 saturated carbocycles. The molecule has 0 radical (unpaired) electrons. The number of rotatable bonds is 2. The Morgan fingerprint density at radius 1 is 1.39 bits per heavy atom. The number of hydrogen-bond donors (Lipinski definition) is 1. The molecular weight excluding hydrogens is 246 g/mol. The molecule has 2 aromatic heterocycles. The van der Waals surface area contributed by atoms with E-state index in [1.807, 2.05) is 11.4 Å². The predicted octanol–water partition coefficient (Wildman–Crippen LogP) is 2.86. The van der Waals surface area contributed by atoms with Gasteiger partial charge in [0.05, 0.1) is 6.04 Å². The van der Waals surface area contributed by atoms with E-state index in [-0.39, 0.29) is 6.04 Å². The van der Waals surface area contributed by atoms with Crippen LogP contribution in [0.15, 0.2) is 21.3 Å². The zero-order valence-electron chi connectivity index (χ0n) is 10.0. The zero-order valence-corrected chi connectivity index (χ0v) is 10.8. The molecule has 0 amide bonds. The van der Waals surface area contributed by atoms with Gasteiger partial charge in [-0.3, -0.25) is 0 Å². The number of thiophene rings is 1. The highest BCUT2D eigenvalue weighted by Crippen LogP contribution is 2.44. The highest BCUT2D eigenvalue weighted by Gasteiger charge is 2.42. The molecule has 0 aromatic carbocycles. The Labute approximate surface area is 109 Å². The van der Waals surface area contributed by atoms with Crippen molar-refractivity contribution in [2.75, 3.05) is 6.54 Å². The molecule has 0 bridgehead atoms. The Morgan fingerprint density at radius 2 is 2.39 bits per heavy atom. The second-order valence-electron chi connectivity index (χ2n) is 5.21. The van der Waals surface area contributed by atoms with E-state index in [9.17, 15) is 0 Å². The topological polar surface area (TPSA) is 51.0 Å². The van der Waals surface area contributed by atoms with Crippen LogP contribution in [0.1, 0.15) is 31.2 Å². The fraction of sp³-hybridized carbons (Fsp3) is 0.538. The van der Waals surface area contributed by atoms with Gasteiger partial charge in [-0.1, -0.05) is 11.6 Å². The number of hydrogen-bond acceptors (Lipinski definition) is 5. The summed E-state index contributed by atoms with van der Waals surface area (Å²) in [5, 5.41) is 11.7. The van der Waals surface area contributed by atoms with Crippen molar-refractivity contribution in [1.29, 1.82) is 0 Å². The first-order chi connectivity index (χ1) is 8.92. The smallest absolute Gasteiger partial charge is 0.244 e. The summed E-state index contributed by atoms with van der Waals surface area (Å²) in [7, 11) is 0. The molecular formula is C13H15N3OS. The van der Waals surface area contributed by atoms with E-state index in [1.165, 1.54) is 19.3 Å². The van der Waals surface area contributed by atoms with Gasteiger partial charge in [0.25, 0.3) is 0 Å². The second kappa shape index (κ2) is 4.17. The van der Waals surface area contributed by atoms with Gasteiger partial charge in [0, 0.05) is 10.9 Å². The number of nitrogens with zero attached hydrogens (tertiary/aromatic N) is 2. The molecule has 4 rings (SSSR count). The molecule has 3 heterocycles. The molecule has 2 aromatic rings. The van der Waals surface area contributed by atoms with Gasteiger partial charge in [-0.15, -0.1) is 0 Å². The van der Waals surface area contributed by atoms with Crippen LogP contribution in [-0.4, -0.2) is 16.7 Å². The Kier molecular flexibility index (Phi) is 2.48. The van der Waals surface area contributed by atoms with Gasteiger partial charge >= 0.3 is 0 Å². The van der Waals surface area contributed by atoms with E-state index in [0.717, 1.165) is 29.7 Å². The van der Waals surface area contributed by atoms with Gasteiger partial charge in [-0.25, -0.2) is 0 Å². The summed E-state index contributed by atoms with van der Waals surface area (Å²) in [6.07, 6.45) is 3.98. The molecule has 94 valence electrons. The molecule has 0 spiro atoms. The summed E-state index contributed by atoms with van der Waals surface area (Å²) in [5.41, 5.74) is 1.05. The molecule has 1 aliphatic carbocycles. The van der Waals surface area contributed by atoms with Crippen LogP contribution in [0.5, 0.6) is 0 Å². The number of nitrogens with one attached hydrogen (secondary N) is 1. The van der Waals surface area contributed by atoms with Crippen LogP contribution >= 0.6 is 11.3 Å². The number of aromatic nitrogens is 2. The molecule has 18 heavy (non-hydrogen) atoms. The second-order valence-corrected chi connectivity index (χ2v) is 5.99. The normalized spacial score (nSPS) is 30.8. The van der Waals surface area contributed by atoms with Crippen LogP contribution < -0.4 is 5.32 Å². The lowest BCUT2D eigenvalue weighted by Gasteiger charge is -2.13. The highest BCUT2D eigenvalue weighted by molar-refractivity contribution is 7.08. The SMILES string of the molecule is c1cc(-c2noc(C3NCC4CCCC43)n2)cs1. The fourth-order valence-electron chi connectivity index (χ4n) is 3.33. The van der Waals surface area contributed by atoms with Crippen molar-refractivity contribution in [2.45, 2.75) is 25.3 Å². The van der Waals surface area contributed by atoms with Crippen molar-refractivity contribution in [3.05, 3.63) is 22.7 Å². The maximum atomic E-state index is 5.46. The lowest BCUT2D eigenvalue weighted by atomic mass is 9.94. The van der Waals surface area contributed by atoms with Crippen LogP contribution in [0.3, 0.4) is 0 Å². The van der Waals surface area contributed by atoms with Crippen molar-refractivity contribution in [3.63, 3.8) is 0 Å². The Hall–Kier alpha value is -1.20. The summed E-state index contributed by atoms with van der Waals surface area (Å²) in [5.74, 6) is 2.99. The lowest BCUT2D eigenvalue weighted by molar-refractivity contribution is 0.302. The maximum absolute atomic E-state index is 5.46. The minimum absolute atomic E-state index is 0.275. The van der Waals surface area contributed by atoms with Crippen LogP contribution in [-0.2, 0) is 0 Å². The van der Waals surface area contributed by atoms with E-state index in [2.05, 4.69) is 20.8 Å². The monoisotopic (exact) mass is 261 g/mol. The molecule has 3 unspecified atom stereocenters. The third-order valence-electron chi connectivity index (χ3n) is 4.23. The Morgan fingerprint density at radius 3 is 3.28 bits per heavy atom. The first kappa shape index (κ1) is 10.7. The molecule has 1 saturated heterocycles. The van der Waals surface area contributed by atoms with E-state index in [1.54, 1.807) is 11.3 Å². The van der Waals surface area contributed by atoms with Crippen molar-refractivity contribution in [2.24, 2.45) is 11.8 Å². The van der Waals surface area contributed by atoms with Crippen molar-refractivity contribution in [1.82, 2.24) is 15.5 Å². The Balaban J connectivity index is 1.62. The van der Waals surface area contributed by atoms with Crippen LogP contribution in [0.25, 0.3) is 11.4 Å². The summed E-state index contributed by atoms with van der Waals surface area (Å²) in [6, 6.07) is 2.30. The fourth-order valence-corrected chi connectivity index (χ4v) is 3.96. The third-order valence-corrected chi connectivity index (χ3v) is 4.92. The summed E-state index contributed by atoms with van der Waals surface area (Å²) >= 11 is 1.65. The molecule has 5 heteroatoms. The van der Waals surface area contributed by atoms with E-state index < -0.39 is 0 Å². The maximum Gasteiger partial charge on any atom is 0.244 e. The molecule has 2 fully saturated rings. The highest BCUT2D eigenvalue weighted by atomic mass is 32.1. The predicted molar refractivity (Wildman–Crippen MR) is 69.2 cm³/mol. The van der Waals surface area contributed by atoms with Gasteiger partial charge in [-0.05, 0) is 42.7 Å². The van der Waals surface area contributed by atoms with Crippen LogP contribution in [0.4, 0.5) is 0 Å². The quantitative estimate of drug-likeness (QED) is 0.903. The third kappa shape index (κ3) is 1.61. The van der Waals surface area contributed by atoms with Crippen LogP contribution in [0.2, 0.25) is 0 Å². The van der Waals surface area contributed by atoms with Gasteiger partial charge < -0.3 is 9.84 Å². The van der Waals surface area contributed by atoms with Gasteiger partial charge in [0.2, 0.25) is 11.7 Å². The Bertz CT molecular complexity index is 536. The summed E-state index contributed by atoms with van der Waals surface area (Å²) < 4.78 is 5.46. The molecule has 1 aliphatic heterocycles. The van der Waals surface area contributed by atoms with Crippen molar-refractivity contribution < 1.29 is 4.52 Å². The molecule has 4 nitrogen and oxygen atoms in total. The van der Waals surface area contributed by atoms with E-state index in [0.29, 0.717) is 5.92 Å². The van der Waals surface area contributed by atoms with Crippen LogP contribution in [0, 0.1) is 11.8 Å². The van der Waals surface area contributed by atoms with E-state index >= 15 is 0 Å². The van der Waals surface area contributed by atoms with Gasteiger partial charge in [0.15, 0.2) is 0 Å². The van der Waals surface area contributed by atoms with Crippen molar-refractivity contribution in [3.8, 4) is 11.4 Å².